The maximum absolute atomic E-state index is 14.0. The lowest BCUT2D eigenvalue weighted by molar-refractivity contribution is 0.103. The lowest BCUT2D eigenvalue weighted by Gasteiger charge is -2.22. The number of nitrogens with two attached hydrogens (primary N) is 1. The molecule has 0 radical (unpaired) electrons. The summed E-state index contributed by atoms with van der Waals surface area (Å²) >= 11 is 2.62. The number of ketones is 2. The second-order valence-electron chi connectivity index (χ2n) is 12.4. The molecule has 7 aromatic rings. The Bertz CT molecular complexity index is 2290. The Kier molecular flexibility index (Phi) is 10.6. The third-order valence-electron chi connectivity index (χ3n) is 8.77. The van der Waals surface area contributed by atoms with Gasteiger partial charge >= 0.3 is 0 Å². The van der Waals surface area contributed by atoms with Crippen molar-refractivity contribution in [1.82, 2.24) is 9.97 Å². The first-order valence-electron chi connectivity index (χ1n) is 17.1. The predicted molar refractivity (Wildman–Crippen MR) is 211 cm³/mol. The van der Waals surface area contributed by atoms with Gasteiger partial charge in [-0.1, -0.05) is 150 Å². The first-order chi connectivity index (χ1) is 25.4. The Morgan fingerprint density at radius 2 is 1.21 bits per heavy atom. The van der Waals surface area contributed by atoms with E-state index in [1.807, 2.05) is 127 Å². The fourth-order valence-corrected chi connectivity index (χ4v) is 8.04. The first-order valence-corrected chi connectivity index (χ1v) is 18.7. The summed E-state index contributed by atoms with van der Waals surface area (Å²) in [6, 6.07) is 43.7. The molecule has 0 amide bonds. The number of hydrogen-bond donors (Lipinski definition) is 2. The van der Waals surface area contributed by atoms with E-state index in [-0.39, 0.29) is 17.3 Å². The normalized spacial score (nSPS) is 11.0. The van der Waals surface area contributed by atoms with E-state index < -0.39 is 0 Å². The molecule has 258 valence electrons. The minimum atomic E-state index is -0.0792. The number of phenolic OH excluding ortho intramolecular Hbond substituents is 1. The Labute approximate surface area is 310 Å². The van der Waals surface area contributed by atoms with Crippen LogP contribution < -0.4 is 10.6 Å². The van der Waals surface area contributed by atoms with Crippen molar-refractivity contribution in [1.29, 1.82) is 0 Å². The van der Waals surface area contributed by atoms with Gasteiger partial charge in [0.05, 0.1) is 11.4 Å². The molecule has 3 N–H and O–H groups in total. The second kappa shape index (κ2) is 16.0. The van der Waals surface area contributed by atoms with Gasteiger partial charge in [0.2, 0.25) is 11.6 Å². The van der Waals surface area contributed by atoms with Crippen LogP contribution in [-0.2, 0) is 13.0 Å². The van der Waals surface area contributed by atoms with Gasteiger partial charge in [0.1, 0.15) is 15.5 Å². The molecule has 2 aromatic heterocycles. The predicted octanol–water partition coefficient (Wildman–Crippen LogP) is 9.71. The van der Waals surface area contributed by atoms with Crippen LogP contribution in [-0.4, -0.2) is 33.2 Å². The highest BCUT2D eigenvalue weighted by molar-refractivity contribution is 7.18. The molecule has 9 heteroatoms. The zero-order valence-electron chi connectivity index (χ0n) is 28.3. The van der Waals surface area contributed by atoms with E-state index in [0.29, 0.717) is 56.9 Å². The van der Waals surface area contributed by atoms with Crippen LogP contribution in [0.15, 0.2) is 140 Å². The van der Waals surface area contributed by atoms with Crippen LogP contribution in [0, 0.1) is 0 Å². The van der Waals surface area contributed by atoms with Crippen LogP contribution >= 0.6 is 22.7 Å². The number of carbonyl (C=O) groups is 2. The topological polar surface area (TPSA) is 109 Å². The van der Waals surface area contributed by atoms with Crippen molar-refractivity contribution in [3.63, 3.8) is 0 Å². The summed E-state index contributed by atoms with van der Waals surface area (Å²) in [4.78, 5) is 40.8. The second-order valence-corrected chi connectivity index (χ2v) is 14.4. The standard InChI is InChI=1S/C43H36N4O3S2/c44-42-45-36(31-16-4-1-5-17-31)41(51-42)39(50)35-22-11-10-14-30(35)15-12-13-27-47(28-29-23-25-34(48)26-24-29)43-46-37(32-18-6-2-7-19-32)40(52-43)38(49)33-20-8-3-9-21-33/h1-11,14,16-26,48H,12-13,15,27-28H2,(H2,44,45). The molecular weight excluding hydrogens is 685 g/mol. The highest BCUT2D eigenvalue weighted by Gasteiger charge is 2.25. The molecule has 0 atom stereocenters. The van der Waals surface area contributed by atoms with E-state index in [2.05, 4.69) is 9.88 Å². The molecule has 0 aliphatic heterocycles. The zero-order valence-corrected chi connectivity index (χ0v) is 29.9. The molecule has 0 saturated carbocycles. The number of nitrogens with zero attached hydrogens (tertiary/aromatic N) is 3. The maximum atomic E-state index is 14.0. The Hall–Kier alpha value is -5.90. The van der Waals surface area contributed by atoms with Gasteiger partial charge in [-0.25, -0.2) is 9.97 Å². The van der Waals surface area contributed by atoms with Gasteiger partial charge in [-0.2, -0.15) is 0 Å². The van der Waals surface area contributed by atoms with Crippen molar-refractivity contribution in [2.45, 2.75) is 25.8 Å². The lowest BCUT2D eigenvalue weighted by Crippen LogP contribution is -2.24. The summed E-state index contributed by atoms with van der Waals surface area (Å²) in [6.07, 6.45) is 2.33. The van der Waals surface area contributed by atoms with Crippen LogP contribution in [0.25, 0.3) is 22.5 Å². The van der Waals surface area contributed by atoms with Gasteiger partial charge in [0.25, 0.3) is 0 Å². The molecule has 52 heavy (non-hydrogen) atoms. The highest BCUT2D eigenvalue weighted by Crippen LogP contribution is 2.36. The van der Waals surface area contributed by atoms with Crippen LogP contribution in [0.4, 0.5) is 10.3 Å². The van der Waals surface area contributed by atoms with Gasteiger partial charge in [0, 0.05) is 35.3 Å². The number of aryl methyl sites for hydroxylation is 1. The summed E-state index contributed by atoms with van der Waals surface area (Å²) in [5.41, 5.74) is 12.4. The van der Waals surface area contributed by atoms with Gasteiger partial charge in [-0.05, 0) is 42.5 Å². The highest BCUT2D eigenvalue weighted by atomic mass is 32.1. The molecule has 2 heterocycles. The summed E-state index contributed by atoms with van der Waals surface area (Å²) in [5, 5.41) is 11.0. The van der Waals surface area contributed by atoms with Crippen LogP contribution in [0.2, 0.25) is 0 Å². The molecule has 5 aromatic carbocycles. The van der Waals surface area contributed by atoms with E-state index >= 15 is 0 Å². The fraction of sp³-hybridized carbons (Fsp3) is 0.116. The number of rotatable bonds is 14. The summed E-state index contributed by atoms with van der Waals surface area (Å²) in [5.74, 6) is 0.0633. The van der Waals surface area contributed by atoms with Crippen molar-refractivity contribution in [2.75, 3.05) is 17.2 Å². The Morgan fingerprint density at radius 1 is 0.635 bits per heavy atom. The smallest absolute Gasteiger partial charge is 0.205 e. The summed E-state index contributed by atoms with van der Waals surface area (Å²) in [7, 11) is 0. The molecule has 0 aliphatic rings. The van der Waals surface area contributed by atoms with Crippen LogP contribution in [0.5, 0.6) is 5.75 Å². The number of phenols is 1. The number of anilines is 2. The first kappa shape index (κ1) is 34.5. The molecule has 7 nitrogen and oxygen atoms in total. The van der Waals surface area contributed by atoms with Gasteiger partial charge in [-0.3, -0.25) is 9.59 Å². The number of carbonyl (C=O) groups excluding carboxylic acids is 2. The monoisotopic (exact) mass is 720 g/mol. The number of benzene rings is 5. The van der Waals surface area contributed by atoms with Gasteiger partial charge in [-0.15, -0.1) is 0 Å². The van der Waals surface area contributed by atoms with Crippen molar-refractivity contribution in [3.05, 3.63) is 172 Å². The number of hydrogen-bond acceptors (Lipinski definition) is 9. The third kappa shape index (κ3) is 7.86. The zero-order chi connectivity index (χ0) is 35.9. The summed E-state index contributed by atoms with van der Waals surface area (Å²) < 4.78 is 0. The number of aromatic hydroxyl groups is 1. The summed E-state index contributed by atoms with van der Waals surface area (Å²) in [6.45, 7) is 1.21. The lowest BCUT2D eigenvalue weighted by atomic mass is 9.97. The van der Waals surface area contributed by atoms with Crippen molar-refractivity contribution < 1.29 is 14.7 Å². The van der Waals surface area contributed by atoms with Gasteiger partial charge < -0.3 is 15.7 Å². The number of nitrogen functional groups attached to an aromatic ring is 1. The average Bonchev–Trinajstić information content (AvgIpc) is 3.82. The molecular formula is C43H36N4O3S2. The average molecular weight is 721 g/mol. The SMILES string of the molecule is Nc1nc(-c2ccccc2)c(C(=O)c2ccccc2CCCCN(Cc2ccc(O)cc2)c2nc(-c3ccccc3)c(C(=O)c3ccccc3)s2)s1. The Morgan fingerprint density at radius 3 is 1.88 bits per heavy atom. The number of unbranched alkanes of at least 4 members (excludes halogenated alkanes) is 1. The Balaban J connectivity index is 1.14. The molecule has 7 rings (SSSR count). The molecule has 0 spiro atoms. The minimum Gasteiger partial charge on any atom is -0.508 e. The molecule has 0 unspecified atom stereocenters. The molecule has 0 bridgehead atoms. The minimum absolute atomic E-state index is 0.0628. The van der Waals surface area contributed by atoms with E-state index in [4.69, 9.17) is 10.7 Å². The molecule has 0 aliphatic carbocycles. The van der Waals surface area contributed by atoms with Gasteiger partial charge in [0.15, 0.2) is 10.3 Å². The molecule has 0 fully saturated rings. The van der Waals surface area contributed by atoms with Crippen molar-refractivity contribution in [2.24, 2.45) is 0 Å². The third-order valence-corrected chi connectivity index (χ3v) is 10.8. The van der Waals surface area contributed by atoms with E-state index in [9.17, 15) is 14.7 Å². The van der Waals surface area contributed by atoms with Crippen molar-refractivity contribution in [3.8, 4) is 28.3 Å². The van der Waals surface area contributed by atoms with Crippen LogP contribution in [0.3, 0.4) is 0 Å². The quantitative estimate of drug-likeness (QED) is 0.0851. The van der Waals surface area contributed by atoms with E-state index in [1.165, 1.54) is 22.7 Å². The number of aromatic nitrogens is 2. The van der Waals surface area contributed by atoms with E-state index in [1.54, 1.807) is 12.1 Å². The largest absolute Gasteiger partial charge is 0.508 e. The maximum Gasteiger partial charge on any atom is 0.205 e. The molecule has 0 saturated heterocycles. The number of thiazole rings is 2. The van der Waals surface area contributed by atoms with E-state index in [0.717, 1.165) is 40.2 Å². The fourth-order valence-electron chi connectivity index (χ4n) is 6.16. The van der Waals surface area contributed by atoms with Crippen LogP contribution in [0.1, 0.15) is 54.4 Å². The van der Waals surface area contributed by atoms with Crippen molar-refractivity contribution >= 4 is 44.5 Å².